The number of Topliss-reactive ketones (excluding diaryl/α,β-unsaturated/α-hetero) is 1. The molecule has 2 aromatic carbocycles. The molecule has 1 amide bonds. The summed E-state index contributed by atoms with van der Waals surface area (Å²) in [5.74, 6) is -1.17. The van der Waals surface area contributed by atoms with Gasteiger partial charge in [-0.15, -0.1) is 0 Å². The predicted molar refractivity (Wildman–Crippen MR) is 104 cm³/mol. The number of nitrogens with one attached hydrogen (secondary N) is 2. The molecule has 3 aromatic rings. The maximum absolute atomic E-state index is 12.5. The number of hydrogen-bond donors (Lipinski definition) is 2. The molecule has 1 atom stereocenters. The van der Waals surface area contributed by atoms with Crippen molar-refractivity contribution in [3.63, 3.8) is 0 Å². The summed E-state index contributed by atoms with van der Waals surface area (Å²) in [6.45, 7) is -0.354. The molecule has 0 radical (unpaired) electrons. The SMILES string of the molecule is O=C(C[C@@H](NC(=O)c1ccccc1)c1ccccc1)OCC(=O)c1ccc[nH]1. The lowest BCUT2D eigenvalue weighted by Gasteiger charge is -2.18. The van der Waals surface area contributed by atoms with Crippen LogP contribution in [0, 0.1) is 0 Å². The Morgan fingerprint density at radius 1 is 0.893 bits per heavy atom. The summed E-state index contributed by atoms with van der Waals surface area (Å²) in [7, 11) is 0. The molecule has 1 heterocycles. The van der Waals surface area contributed by atoms with Crippen LogP contribution < -0.4 is 5.32 Å². The summed E-state index contributed by atoms with van der Waals surface area (Å²) in [5.41, 5.74) is 1.66. The molecule has 6 nitrogen and oxygen atoms in total. The number of esters is 1. The summed E-state index contributed by atoms with van der Waals surface area (Å²) in [5, 5.41) is 2.86. The third-order valence-electron chi connectivity index (χ3n) is 4.18. The van der Waals surface area contributed by atoms with E-state index in [1.807, 2.05) is 36.4 Å². The van der Waals surface area contributed by atoms with Gasteiger partial charge in [0.25, 0.3) is 5.91 Å². The van der Waals surface area contributed by atoms with E-state index in [9.17, 15) is 14.4 Å². The normalized spacial score (nSPS) is 11.4. The number of ketones is 1. The highest BCUT2D eigenvalue weighted by Gasteiger charge is 2.21. The highest BCUT2D eigenvalue weighted by molar-refractivity contribution is 5.96. The lowest BCUT2D eigenvalue weighted by molar-refractivity contribution is -0.143. The minimum Gasteiger partial charge on any atom is -0.457 e. The predicted octanol–water partition coefficient (Wildman–Crippen LogP) is 3.30. The van der Waals surface area contributed by atoms with Crippen LogP contribution in [0.25, 0.3) is 0 Å². The molecular weight excluding hydrogens is 356 g/mol. The average Bonchev–Trinajstić information content (AvgIpc) is 3.28. The third kappa shape index (κ3) is 5.17. The second kappa shape index (κ2) is 9.32. The molecule has 0 aliphatic carbocycles. The molecule has 3 rings (SSSR count). The first-order chi connectivity index (χ1) is 13.6. The van der Waals surface area contributed by atoms with Crippen molar-refractivity contribution in [3.8, 4) is 0 Å². The van der Waals surface area contributed by atoms with Crippen LogP contribution in [-0.2, 0) is 9.53 Å². The smallest absolute Gasteiger partial charge is 0.308 e. The fourth-order valence-electron chi connectivity index (χ4n) is 2.72. The molecular formula is C22H20N2O4. The Labute approximate surface area is 162 Å². The minimum absolute atomic E-state index is 0.0827. The van der Waals surface area contributed by atoms with Gasteiger partial charge < -0.3 is 15.0 Å². The Morgan fingerprint density at radius 3 is 2.21 bits per heavy atom. The van der Waals surface area contributed by atoms with Crippen LogP contribution in [0.4, 0.5) is 0 Å². The highest BCUT2D eigenvalue weighted by atomic mass is 16.5. The van der Waals surface area contributed by atoms with Crippen LogP contribution in [0.15, 0.2) is 79.0 Å². The number of hydrogen-bond acceptors (Lipinski definition) is 4. The topological polar surface area (TPSA) is 88.3 Å². The van der Waals surface area contributed by atoms with E-state index in [0.29, 0.717) is 11.3 Å². The summed E-state index contributed by atoms with van der Waals surface area (Å²) in [4.78, 5) is 39.5. The number of rotatable bonds is 8. The van der Waals surface area contributed by atoms with Crippen LogP contribution in [0.2, 0.25) is 0 Å². The number of aromatic amines is 1. The Morgan fingerprint density at radius 2 is 1.57 bits per heavy atom. The molecule has 0 bridgehead atoms. The number of carbonyl (C=O) groups is 3. The monoisotopic (exact) mass is 376 g/mol. The van der Waals surface area contributed by atoms with E-state index >= 15 is 0 Å². The summed E-state index contributed by atoms with van der Waals surface area (Å²) >= 11 is 0. The number of carbonyl (C=O) groups excluding carboxylic acids is 3. The largest absolute Gasteiger partial charge is 0.457 e. The maximum Gasteiger partial charge on any atom is 0.308 e. The van der Waals surface area contributed by atoms with E-state index in [1.165, 1.54) is 0 Å². The van der Waals surface area contributed by atoms with Gasteiger partial charge in [-0.1, -0.05) is 48.5 Å². The number of ether oxygens (including phenoxy) is 1. The van der Waals surface area contributed by atoms with Gasteiger partial charge >= 0.3 is 5.97 Å². The summed E-state index contributed by atoms with van der Waals surface area (Å²) in [6, 6.07) is 20.7. The standard InChI is InChI=1S/C22H20N2O4/c25-20(18-12-7-13-23-18)15-28-21(26)14-19(16-8-3-1-4-9-16)24-22(27)17-10-5-2-6-11-17/h1-13,19,23H,14-15H2,(H,24,27)/t19-/m1/s1. The average molecular weight is 376 g/mol. The van der Waals surface area contributed by atoms with Crippen LogP contribution in [0.3, 0.4) is 0 Å². The molecule has 142 valence electrons. The van der Waals surface area contributed by atoms with E-state index in [2.05, 4.69) is 10.3 Å². The highest BCUT2D eigenvalue weighted by Crippen LogP contribution is 2.18. The van der Waals surface area contributed by atoms with Crippen molar-refractivity contribution in [2.45, 2.75) is 12.5 Å². The second-order valence-corrected chi connectivity index (χ2v) is 6.17. The molecule has 0 spiro atoms. The van der Waals surface area contributed by atoms with Crippen LogP contribution >= 0.6 is 0 Å². The number of aromatic nitrogens is 1. The minimum atomic E-state index is -0.568. The van der Waals surface area contributed by atoms with E-state index in [4.69, 9.17) is 4.74 Å². The van der Waals surface area contributed by atoms with Gasteiger partial charge in [0.05, 0.1) is 18.2 Å². The Balaban J connectivity index is 1.64. The van der Waals surface area contributed by atoms with Crippen molar-refractivity contribution < 1.29 is 19.1 Å². The van der Waals surface area contributed by atoms with E-state index in [-0.39, 0.29) is 24.7 Å². The molecule has 0 unspecified atom stereocenters. The quantitative estimate of drug-likeness (QED) is 0.466. The fourth-order valence-corrected chi connectivity index (χ4v) is 2.72. The summed E-state index contributed by atoms with van der Waals surface area (Å²) in [6.07, 6.45) is 1.54. The lowest BCUT2D eigenvalue weighted by Crippen LogP contribution is -2.31. The first-order valence-corrected chi connectivity index (χ1v) is 8.86. The van der Waals surface area contributed by atoms with Gasteiger partial charge in [-0.25, -0.2) is 0 Å². The van der Waals surface area contributed by atoms with Gasteiger partial charge in [0.15, 0.2) is 6.61 Å². The van der Waals surface area contributed by atoms with Crippen molar-refractivity contribution in [1.82, 2.24) is 10.3 Å². The first-order valence-electron chi connectivity index (χ1n) is 8.86. The maximum atomic E-state index is 12.5. The van der Waals surface area contributed by atoms with Crippen molar-refractivity contribution in [3.05, 3.63) is 95.8 Å². The van der Waals surface area contributed by atoms with E-state index in [0.717, 1.165) is 5.56 Å². The first kappa shape index (κ1) is 19.1. The Bertz CT molecular complexity index is 922. The van der Waals surface area contributed by atoms with E-state index < -0.39 is 12.0 Å². The molecule has 0 aliphatic heterocycles. The van der Waals surface area contributed by atoms with E-state index in [1.54, 1.807) is 42.6 Å². The number of benzene rings is 2. The number of H-pyrrole nitrogens is 1. The van der Waals surface area contributed by atoms with Gasteiger partial charge in [-0.3, -0.25) is 14.4 Å². The van der Waals surface area contributed by atoms with Crippen LogP contribution in [-0.4, -0.2) is 29.3 Å². The molecule has 1 aromatic heterocycles. The van der Waals surface area contributed by atoms with Gasteiger partial charge in [0.1, 0.15) is 0 Å². The fraction of sp³-hybridized carbons (Fsp3) is 0.136. The molecule has 0 fully saturated rings. The zero-order chi connectivity index (χ0) is 19.8. The molecule has 6 heteroatoms. The van der Waals surface area contributed by atoms with Gasteiger partial charge in [0.2, 0.25) is 5.78 Å². The molecule has 28 heavy (non-hydrogen) atoms. The zero-order valence-corrected chi connectivity index (χ0v) is 15.1. The van der Waals surface area contributed by atoms with Crippen molar-refractivity contribution >= 4 is 17.7 Å². The summed E-state index contributed by atoms with van der Waals surface area (Å²) < 4.78 is 5.11. The third-order valence-corrected chi connectivity index (χ3v) is 4.18. The van der Waals surface area contributed by atoms with Gasteiger partial charge in [-0.05, 0) is 29.8 Å². The zero-order valence-electron chi connectivity index (χ0n) is 15.1. The van der Waals surface area contributed by atoms with Crippen LogP contribution in [0.1, 0.15) is 38.9 Å². The Hall–Kier alpha value is -3.67. The van der Waals surface area contributed by atoms with Crippen molar-refractivity contribution in [2.75, 3.05) is 6.61 Å². The van der Waals surface area contributed by atoms with Crippen LogP contribution in [0.5, 0.6) is 0 Å². The van der Waals surface area contributed by atoms with Crippen molar-refractivity contribution in [2.24, 2.45) is 0 Å². The van der Waals surface area contributed by atoms with Gasteiger partial charge in [-0.2, -0.15) is 0 Å². The lowest BCUT2D eigenvalue weighted by atomic mass is 10.0. The van der Waals surface area contributed by atoms with Gasteiger partial charge in [0, 0.05) is 11.8 Å². The molecule has 0 saturated carbocycles. The Kier molecular flexibility index (Phi) is 6.36. The molecule has 2 N–H and O–H groups in total. The molecule has 0 aliphatic rings. The van der Waals surface area contributed by atoms with Crippen molar-refractivity contribution in [1.29, 1.82) is 0 Å². The number of amides is 1. The molecule has 0 saturated heterocycles. The second-order valence-electron chi connectivity index (χ2n) is 6.17.